The largest absolute Gasteiger partial charge is 0.322 e. The average Bonchev–Trinajstić information content (AvgIpc) is 2.81. The Bertz CT molecular complexity index is 556. The Kier molecular flexibility index (Phi) is 1.70. The van der Waals surface area contributed by atoms with Crippen molar-refractivity contribution in [1.82, 2.24) is 20.0 Å². The second-order valence-corrected chi connectivity index (χ2v) is 3.53. The third-order valence-electron chi connectivity index (χ3n) is 2.45. The first-order valence-corrected chi connectivity index (χ1v) is 4.79. The van der Waals surface area contributed by atoms with Crippen molar-refractivity contribution < 1.29 is 9.59 Å². The summed E-state index contributed by atoms with van der Waals surface area (Å²) in [6.45, 7) is 0. The average molecular weight is 216 g/mol. The van der Waals surface area contributed by atoms with Gasteiger partial charge in [0, 0.05) is 12.4 Å². The van der Waals surface area contributed by atoms with Crippen molar-refractivity contribution in [2.24, 2.45) is 0 Å². The molecule has 2 aromatic heterocycles. The molecule has 16 heavy (non-hydrogen) atoms. The van der Waals surface area contributed by atoms with Gasteiger partial charge in [-0.2, -0.15) is 0 Å². The van der Waals surface area contributed by atoms with Gasteiger partial charge in [-0.25, -0.2) is 9.78 Å². The number of rotatable bonds is 1. The van der Waals surface area contributed by atoms with E-state index >= 15 is 0 Å². The molecule has 0 saturated carbocycles. The van der Waals surface area contributed by atoms with Crippen molar-refractivity contribution >= 4 is 17.6 Å². The lowest BCUT2D eigenvalue weighted by atomic mass is 10.2. The van der Waals surface area contributed by atoms with Crippen LogP contribution >= 0.6 is 0 Å². The molecule has 0 aliphatic carbocycles. The van der Waals surface area contributed by atoms with Crippen molar-refractivity contribution in [1.29, 1.82) is 0 Å². The molecule has 1 unspecified atom stereocenters. The molecule has 3 rings (SSSR count). The van der Waals surface area contributed by atoms with Crippen molar-refractivity contribution in [3.8, 4) is 0 Å². The molecule has 3 heterocycles. The number of hydrogen-bond acceptors (Lipinski definition) is 3. The smallest absolute Gasteiger partial charge is 0.321 e. The topological polar surface area (TPSA) is 75.5 Å². The highest BCUT2D eigenvalue weighted by atomic mass is 16.2. The lowest BCUT2D eigenvalue weighted by molar-refractivity contribution is -0.120. The summed E-state index contributed by atoms with van der Waals surface area (Å²) in [5.41, 5.74) is 1.28. The van der Waals surface area contributed by atoms with Crippen LogP contribution in [0, 0.1) is 0 Å². The number of hydrogen-bond donors (Lipinski definition) is 2. The molecule has 0 aromatic carbocycles. The fourth-order valence-electron chi connectivity index (χ4n) is 1.72. The van der Waals surface area contributed by atoms with E-state index < -0.39 is 12.1 Å². The summed E-state index contributed by atoms with van der Waals surface area (Å²) in [5.74, 6) is -0.367. The first-order chi connectivity index (χ1) is 7.74. The maximum atomic E-state index is 11.4. The van der Waals surface area contributed by atoms with Crippen LogP contribution in [0.3, 0.4) is 0 Å². The first-order valence-electron chi connectivity index (χ1n) is 4.79. The highest BCUT2D eigenvalue weighted by molar-refractivity contribution is 6.04. The van der Waals surface area contributed by atoms with E-state index in [0.717, 1.165) is 5.65 Å². The first kappa shape index (κ1) is 8.90. The van der Waals surface area contributed by atoms with Crippen LogP contribution in [-0.2, 0) is 4.79 Å². The minimum atomic E-state index is -0.688. The lowest BCUT2D eigenvalue weighted by Gasteiger charge is -2.00. The molecule has 6 heteroatoms. The summed E-state index contributed by atoms with van der Waals surface area (Å²) in [6.07, 6.45) is 3.56. The van der Waals surface area contributed by atoms with Gasteiger partial charge in [-0.3, -0.25) is 10.1 Å². The molecule has 1 fully saturated rings. The highest BCUT2D eigenvalue weighted by Crippen LogP contribution is 2.16. The number of pyridine rings is 1. The number of carbonyl (C=O) groups excluding carboxylic acids is 2. The van der Waals surface area contributed by atoms with Gasteiger partial charge in [0.1, 0.15) is 5.65 Å². The highest BCUT2D eigenvalue weighted by Gasteiger charge is 2.32. The Hall–Kier alpha value is -2.37. The van der Waals surface area contributed by atoms with Gasteiger partial charge in [0.15, 0.2) is 6.04 Å². The lowest BCUT2D eigenvalue weighted by Crippen LogP contribution is -2.22. The number of imide groups is 1. The Morgan fingerprint density at radius 3 is 2.88 bits per heavy atom. The Balaban J connectivity index is 2.06. The summed E-state index contributed by atoms with van der Waals surface area (Å²) in [5, 5.41) is 4.68. The predicted octanol–water partition coefficient (Wildman–Crippen LogP) is 0.215. The van der Waals surface area contributed by atoms with E-state index in [1.165, 1.54) is 0 Å². The molecule has 0 radical (unpaired) electrons. The zero-order chi connectivity index (χ0) is 11.1. The number of imidazole rings is 1. The quantitative estimate of drug-likeness (QED) is 0.669. The van der Waals surface area contributed by atoms with E-state index in [0.29, 0.717) is 5.69 Å². The SMILES string of the molecule is O=C1NC(=O)C(c2cn3ccccc3n2)N1. The zero-order valence-corrected chi connectivity index (χ0v) is 8.18. The minimum absolute atomic E-state index is 0.367. The molecule has 1 aliphatic heterocycles. The van der Waals surface area contributed by atoms with Gasteiger partial charge in [-0.15, -0.1) is 0 Å². The Morgan fingerprint density at radius 2 is 2.19 bits per heavy atom. The van der Waals surface area contributed by atoms with E-state index in [4.69, 9.17) is 0 Å². The van der Waals surface area contributed by atoms with Crippen LogP contribution in [0.2, 0.25) is 0 Å². The van der Waals surface area contributed by atoms with E-state index in [2.05, 4.69) is 15.6 Å². The summed E-state index contributed by atoms with van der Waals surface area (Å²) < 4.78 is 1.80. The third-order valence-corrected chi connectivity index (χ3v) is 2.45. The number of fused-ring (bicyclic) bond motifs is 1. The zero-order valence-electron chi connectivity index (χ0n) is 8.18. The van der Waals surface area contributed by atoms with Crippen LogP contribution in [-0.4, -0.2) is 21.3 Å². The molecule has 0 bridgehead atoms. The molecule has 2 aromatic rings. The van der Waals surface area contributed by atoms with Crippen LogP contribution in [0.1, 0.15) is 11.7 Å². The van der Waals surface area contributed by atoms with Crippen molar-refractivity contribution in [3.63, 3.8) is 0 Å². The van der Waals surface area contributed by atoms with Gasteiger partial charge < -0.3 is 9.72 Å². The van der Waals surface area contributed by atoms with Gasteiger partial charge in [0.25, 0.3) is 5.91 Å². The fraction of sp³-hybridized carbons (Fsp3) is 0.100. The maximum absolute atomic E-state index is 11.4. The summed E-state index contributed by atoms with van der Waals surface area (Å²) in [7, 11) is 0. The molecule has 6 nitrogen and oxygen atoms in total. The van der Waals surface area contributed by atoms with Crippen molar-refractivity contribution in [2.75, 3.05) is 0 Å². The van der Waals surface area contributed by atoms with Gasteiger partial charge in [0.2, 0.25) is 0 Å². The van der Waals surface area contributed by atoms with Gasteiger partial charge in [-0.05, 0) is 12.1 Å². The summed E-state index contributed by atoms with van der Waals surface area (Å²) in [4.78, 5) is 26.7. The standard InChI is InChI=1S/C10H8N4O2/c15-9-8(12-10(16)13-9)6-5-14-4-2-1-3-7(14)11-6/h1-5,8H,(H2,12,13,15,16). The monoisotopic (exact) mass is 216 g/mol. The van der Waals surface area contributed by atoms with Crippen molar-refractivity contribution in [3.05, 3.63) is 36.3 Å². The number of aromatic nitrogens is 2. The van der Waals surface area contributed by atoms with Crippen LogP contribution in [0.4, 0.5) is 4.79 Å². The van der Waals surface area contributed by atoms with E-state index in [1.807, 2.05) is 24.4 Å². The predicted molar refractivity (Wildman–Crippen MR) is 54.6 cm³/mol. The Morgan fingerprint density at radius 1 is 1.31 bits per heavy atom. The van der Waals surface area contributed by atoms with E-state index in [1.54, 1.807) is 10.6 Å². The fourth-order valence-corrected chi connectivity index (χ4v) is 1.72. The van der Waals surface area contributed by atoms with E-state index in [-0.39, 0.29) is 5.91 Å². The molecular weight excluding hydrogens is 208 g/mol. The molecule has 2 N–H and O–H groups in total. The Labute approximate surface area is 90.3 Å². The number of nitrogens with one attached hydrogen (secondary N) is 2. The molecule has 1 aliphatic rings. The molecule has 80 valence electrons. The number of nitrogens with zero attached hydrogens (tertiary/aromatic N) is 2. The van der Waals surface area contributed by atoms with Gasteiger partial charge in [-0.1, -0.05) is 6.07 Å². The van der Waals surface area contributed by atoms with Crippen LogP contribution < -0.4 is 10.6 Å². The molecule has 1 saturated heterocycles. The van der Waals surface area contributed by atoms with Crippen molar-refractivity contribution in [2.45, 2.75) is 6.04 Å². The molecule has 3 amide bonds. The van der Waals surface area contributed by atoms with Gasteiger partial charge in [0.05, 0.1) is 5.69 Å². The number of carbonyl (C=O) groups is 2. The maximum Gasteiger partial charge on any atom is 0.322 e. The third kappa shape index (κ3) is 1.23. The van der Waals surface area contributed by atoms with E-state index in [9.17, 15) is 9.59 Å². The number of amides is 3. The summed E-state index contributed by atoms with van der Waals surface area (Å²) >= 11 is 0. The molecule has 0 spiro atoms. The van der Waals surface area contributed by atoms with Crippen LogP contribution in [0.25, 0.3) is 5.65 Å². The van der Waals surface area contributed by atoms with Crippen LogP contribution in [0.5, 0.6) is 0 Å². The normalized spacial score (nSPS) is 19.9. The minimum Gasteiger partial charge on any atom is -0.321 e. The molecule has 1 atom stereocenters. The summed E-state index contributed by atoms with van der Waals surface area (Å²) in [6, 6.07) is 4.39. The second kappa shape index (κ2) is 3.06. The van der Waals surface area contributed by atoms with Gasteiger partial charge >= 0.3 is 6.03 Å². The van der Waals surface area contributed by atoms with Crippen LogP contribution in [0.15, 0.2) is 30.6 Å². The second-order valence-electron chi connectivity index (χ2n) is 3.53. The molecular formula is C10H8N4O2. The number of urea groups is 1.